The summed E-state index contributed by atoms with van der Waals surface area (Å²) in [6, 6.07) is 25.6. The van der Waals surface area contributed by atoms with Crippen molar-refractivity contribution in [2.24, 2.45) is 0 Å². The normalized spacial score (nSPS) is 17.2. The van der Waals surface area contributed by atoms with Crippen LogP contribution in [0.15, 0.2) is 83.8 Å². The first-order chi connectivity index (χ1) is 14.2. The van der Waals surface area contributed by atoms with E-state index in [1.165, 1.54) is 17.3 Å². The SMILES string of the molecule is CCc1ccc(N[C@@H]2NC(=O)/C(=C/c3cccc(Oc4ccccc4)c3)S2)cc1. The van der Waals surface area contributed by atoms with Crippen LogP contribution in [0.5, 0.6) is 11.5 Å². The summed E-state index contributed by atoms with van der Waals surface area (Å²) in [6.45, 7) is 2.13. The Bertz CT molecular complexity index is 1020. The van der Waals surface area contributed by atoms with Crippen molar-refractivity contribution in [2.75, 3.05) is 5.32 Å². The summed E-state index contributed by atoms with van der Waals surface area (Å²) in [7, 11) is 0. The van der Waals surface area contributed by atoms with Crippen molar-refractivity contribution >= 4 is 29.4 Å². The molecule has 0 saturated carbocycles. The van der Waals surface area contributed by atoms with E-state index in [0.717, 1.165) is 29.2 Å². The van der Waals surface area contributed by atoms with Crippen molar-refractivity contribution in [3.63, 3.8) is 0 Å². The molecule has 0 aromatic heterocycles. The number of carbonyl (C=O) groups is 1. The fourth-order valence-electron chi connectivity index (χ4n) is 3.00. The van der Waals surface area contributed by atoms with Crippen molar-refractivity contribution in [1.29, 1.82) is 0 Å². The van der Waals surface area contributed by atoms with Gasteiger partial charge >= 0.3 is 0 Å². The Morgan fingerprint density at radius 3 is 2.52 bits per heavy atom. The third-order valence-corrected chi connectivity index (χ3v) is 5.55. The van der Waals surface area contributed by atoms with E-state index in [2.05, 4.69) is 29.7 Å². The molecule has 3 aromatic carbocycles. The highest BCUT2D eigenvalue weighted by Gasteiger charge is 2.27. The van der Waals surface area contributed by atoms with Crippen LogP contribution in [0, 0.1) is 0 Å². The summed E-state index contributed by atoms with van der Waals surface area (Å²) in [5.41, 5.74) is 3.00. The number of nitrogens with one attached hydrogen (secondary N) is 2. The summed E-state index contributed by atoms with van der Waals surface area (Å²) in [5.74, 6) is 1.44. The van der Waals surface area contributed by atoms with Crippen LogP contribution in [0.3, 0.4) is 0 Å². The molecule has 0 bridgehead atoms. The quantitative estimate of drug-likeness (QED) is 0.524. The maximum atomic E-state index is 12.4. The van der Waals surface area contributed by atoms with E-state index >= 15 is 0 Å². The zero-order valence-electron chi connectivity index (χ0n) is 16.1. The fourth-order valence-corrected chi connectivity index (χ4v) is 3.98. The zero-order chi connectivity index (χ0) is 20.1. The smallest absolute Gasteiger partial charge is 0.260 e. The molecule has 1 atom stereocenters. The van der Waals surface area contributed by atoms with Gasteiger partial charge in [0, 0.05) is 5.69 Å². The summed E-state index contributed by atoms with van der Waals surface area (Å²) in [6.07, 6.45) is 2.90. The van der Waals surface area contributed by atoms with Crippen molar-refractivity contribution < 1.29 is 9.53 Å². The molecule has 146 valence electrons. The Balaban J connectivity index is 1.44. The Morgan fingerprint density at radius 2 is 1.76 bits per heavy atom. The fraction of sp³-hybridized carbons (Fsp3) is 0.125. The van der Waals surface area contributed by atoms with Gasteiger partial charge < -0.3 is 15.4 Å². The number of hydrogen-bond donors (Lipinski definition) is 2. The molecular weight excluding hydrogens is 380 g/mol. The molecule has 0 spiro atoms. The number of ether oxygens (including phenoxy) is 1. The number of hydrogen-bond acceptors (Lipinski definition) is 4. The van der Waals surface area contributed by atoms with Crippen LogP contribution < -0.4 is 15.4 Å². The average molecular weight is 403 g/mol. The maximum Gasteiger partial charge on any atom is 0.260 e. The van der Waals surface area contributed by atoms with Crippen molar-refractivity contribution in [1.82, 2.24) is 5.32 Å². The van der Waals surface area contributed by atoms with Crippen molar-refractivity contribution in [3.8, 4) is 11.5 Å². The molecule has 1 saturated heterocycles. The highest BCUT2D eigenvalue weighted by molar-refractivity contribution is 8.05. The van der Waals surface area contributed by atoms with Crippen LogP contribution in [0.4, 0.5) is 5.69 Å². The molecule has 29 heavy (non-hydrogen) atoms. The van der Waals surface area contributed by atoms with Gasteiger partial charge in [-0.2, -0.15) is 0 Å². The van der Waals surface area contributed by atoms with Gasteiger partial charge in [0.15, 0.2) is 5.50 Å². The molecule has 1 aliphatic heterocycles. The Morgan fingerprint density at radius 1 is 1.00 bits per heavy atom. The molecule has 5 heteroatoms. The Labute approximate surface area is 175 Å². The van der Waals surface area contributed by atoms with Gasteiger partial charge in [0.2, 0.25) is 0 Å². The Hall–Kier alpha value is -3.18. The van der Waals surface area contributed by atoms with Crippen LogP contribution >= 0.6 is 11.8 Å². The minimum absolute atomic E-state index is 0.0768. The second kappa shape index (κ2) is 8.88. The molecule has 1 aliphatic rings. The monoisotopic (exact) mass is 402 g/mol. The first-order valence-corrected chi connectivity index (χ1v) is 10.5. The molecule has 4 nitrogen and oxygen atoms in total. The van der Waals surface area contributed by atoms with E-state index < -0.39 is 0 Å². The number of rotatable bonds is 6. The van der Waals surface area contributed by atoms with Gasteiger partial charge in [0.05, 0.1) is 4.91 Å². The minimum atomic E-state index is -0.190. The number of para-hydroxylation sites is 1. The first kappa shape index (κ1) is 19.2. The number of thioether (sulfide) groups is 1. The topological polar surface area (TPSA) is 50.4 Å². The van der Waals surface area contributed by atoms with Gasteiger partial charge in [-0.3, -0.25) is 4.79 Å². The molecule has 4 rings (SSSR count). The highest BCUT2D eigenvalue weighted by atomic mass is 32.2. The lowest BCUT2D eigenvalue weighted by Gasteiger charge is -2.12. The third-order valence-electron chi connectivity index (χ3n) is 4.53. The minimum Gasteiger partial charge on any atom is -0.457 e. The second-order valence-electron chi connectivity index (χ2n) is 6.66. The van der Waals surface area contributed by atoms with E-state index in [1.54, 1.807) is 0 Å². The van der Waals surface area contributed by atoms with Crippen LogP contribution in [-0.2, 0) is 11.2 Å². The molecular formula is C24H22N2O2S. The number of anilines is 1. The number of amides is 1. The molecule has 1 amide bonds. The molecule has 0 radical (unpaired) electrons. The second-order valence-corrected chi connectivity index (χ2v) is 7.81. The van der Waals surface area contributed by atoms with Crippen molar-refractivity contribution in [3.05, 3.63) is 94.9 Å². The van der Waals surface area contributed by atoms with E-state index in [9.17, 15) is 4.79 Å². The van der Waals surface area contributed by atoms with E-state index in [-0.39, 0.29) is 11.4 Å². The number of benzene rings is 3. The van der Waals surface area contributed by atoms with E-state index in [0.29, 0.717) is 4.91 Å². The molecule has 1 fully saturated rings. The van der Waals surface area contributed by atoms with E-state index in [1.807, 2.05) is 72.8 Å². The molecule has 1 heterocycles. The lowest BCUT2D eigenvalue weighted by Crippen LogP contribution is -2.30. The van der Waals surface area contributed by atoms with Crippen molar-refractivity contribution in [2.45, 2.75) is 18.8 Å². The van der Waals surface area contributed by atoms with E-state index in [4.69, 9.17) is 4.74 Å². The Kier molecular flexibility index (Phi) is 5.86. The summed E-state index contributed by atoms with van der Waals surface area (Å²) in [5, 5.41) is 6.32. The van der Waals surface area contributed by atoms with Gasteiger partial charge in [-0.25, -0.2) is 0 Å². The van der Waals surface area contributed by atoms with Crippen LogP contribution in [0.25, 0.3) is 6.08 Å². The number of aryl methyl sites for hydroxylation is 1. The third kappa shape index (κ3) is 5.00. The predicted molar refractivity (Wildman–Crippen MR) is 120 cm³/mol. The molecule has 2 N–H and O–H groups in total. The van der Waals surface area contributed by atoms with Crippen LogP contribution in [0.1, 0.15) is 18.1 Å². The largest absolute Gasteiger partial charge is 0.457 e. The lowest BCUT2D eigenvalue weighted by molar-refractivity contribution is -0.116. The maximum absolute atomic E-state index is 12.4. The lowest BCUT2D eigenvalue weighted by atomic mass is 10.1. The standard InChI is InChI=1S/C24H22N2O2S/c1-2-17-11-13-19(14-12-17)25-24-26-23(27)22(29-24)16-18-7-6-10-21(15-18)28-20-8-4-3-5-9-20/h3-16,24-25H,2H2,1H3,(H,26,27)/b22-16-/t24-/m1/s1. The van der Waals surface area contributed by atoms with Crippen LogP contribution in [0.2, 0.25) is 0 Å². The summed E-state index contributed by atoms with van der Waals surface area (Å²) in [4.78, 5) is 13.1. The molecule has 3 aromatic rings. The predicted octanol–water partition coefficient (Wildman–Crippen LogP) is 5.64. The average Bonchev–Trinajstić information content (AvgIpc) is 3.08. The number of carbonyl (C=O) groups excluding carboxylic acids is 1. The van der Waals surface area contributed by atoms with Gasteiger partial charge in [0.25, 0.3) is 5.91 Å². The first-order valence-electron chi connectivity index (χ1n) is 9.57. The van der Waals surface area contributed by atoms with Crippen LogP contribution in [-0.4, -0.2) is 11.4 Å². The summed E-state index contributed by atoms with van der Waals surface area (Å²) < 4.78 is 5.88. The highest BCUT2D eigenvalue weighted by Crippen LogP contribution is 2.31. The summed E-state index contributed by atoms with van der Waals surface area (Å²) >= 11 is 1.48. The van der Waals surface area contributed by atoms with Gasteiger partial charge in [-0.05, 0) is 60.0 Å². The molecule has 0 aliphatic carbocycles. The van der Waals surface area contributed by atoms with Gasteiger partial charge in [0.1, 0.15) is 11.5 Å². The van der Waals surface area contributed by atoms with Gasteiger partial charge in [-0.1, -0.05) is 61.2 Å². The van der Waals surface area contributed by atoms with Gasteiger partial charge in [-0.15, -0.1) is 0 Å². The molecule has 0 unspecified atom stereocenters. The zero-order valence-corrected chi connectivity index (χ0v) is 16.9.